The Bertz CT molecular complexity index is 733. The Labute approximate surface area is 153 Å². The molecule has 0 aliphatic rings. The number of methoxy groups -OCH3 is 1. The topological polar surface area (TPSA) is 101 Å². The van der Waals surface area contributed by atoms with Gasteiger partial charge in [0.2, 0.25) is 11.8 Å². The van der Waals surface area contributed by atoms with Gasteiger partial charge in [-0.1, -0.05) is 12.1 Å². The molecule has 0 saturated heterocycles. The lowest BCUT2D eigenvalue weighted by Crippen LogP contribution is -2.42. The molecular weight excluding hydrogens is 334 g/mol. The van der Waals surface area contributed by atoms with Gasteiger partial charge in [-0.3, -0.25) is 9.79 Å². The van der Waals surface area contributed by atoms with Gasteiger partial charge in [0.15, 0.2) is 5.96 Å². The molecule has 1 aromatic carbocycles. The molecule has 8 nitrogen and oxygen atoms in total. The van der Waals surface area contributed by atoms with Gasteiger partial charge in [0.25, 0.3) is 0 Å². The second-order valence-corrected chi connectivity index (χ2v) is 5.65. The molecule has 140 valence electrons. The summed E-state index contributed by atoms with van der Waals surface area (Å²) in [4.78, 5) is 20.3. The first kappa shape index (κ1) is 19.3. The molecule has 0 atom stereocenters. The fourth-order valence-electron chi connectivity index (χ4n) is 2.17. The zero-order valence-electron chi connectivity index (χ0n) is 15.5. The van der Waals surface area contributed by atoms with Crippen LogP contribution in [0.4, 0.5) is 0 Å². The van der Waals surface area contributed by atoms with Gasteiger partial charge >= 0.3 is 0 Å². The lowest BCUT2D eigenvalue weighted by atomic mass is 10.2. The highest BCUT2D eigenvalue weighted by Crippen LogP contribution is 2.10. The van der Waals surface area contributed by atoms with Crippen LogP contribution in [0.1, 0.15) is 22.9 Å². The molecule has 0 spiro atoms. The molecule has 2 rings (SSSR count). The zero-order valence-corrected chi connectivity index (χ0v) is 15.5. The number of amides is 1. The fraction of sp³-hybridized carbons (Fsp3) is 0.389. The van der Waals surface area contributed by atoms with E-state index in [1.54, 1.807) is 14.2 Å². The van der Waals surface area contributed by atoms with Crippen molar-refractivity contribution in [1.82, 2.24) is 20.9 Å². The summed E-state index contributed by atoms with van der Waals surface area (Å²) in [6.45, 7) is 4.71. The SMILES string of the molecule is CN=C(NCC(=O)NCc1ccc(OC)cc1)NCc1nc(C)c(C)o1. The number of oxazole rings is 1. The maximum absolute atomic E-state index is 12.0. The summed E-state index contributed by atoms with van der Waals surface area (Å²) in [7, 11) is 3.25. The van der Waals surface area contributed by atoms with Crippen LogP contribution in [0.2, 0.25) is 0 Å². The number of guanidine groups is 1. The Balaban J connectivity index is 1.72. The molecule has 8 heteroatoms. The van der Waals surface area contributed by atoms with E-state index in [9.17, 15) is 4.79 Å². The number of rotatable bonds is 7. The van der Waals surface area contributed by atoms with Crippen LogP contribution < -0.4 is 20.7 Å². The molecule has 0 aliphatic heterocycles. The molecule has 0 unspecified atom stereocenters. The first-order valence-corrected chi connectivity index (χ1v) is 8.29. The third-order valence-corrected chi connectivity index (χ3v) is 3.77. The standard InChI is InChI=1S/C18H25N5O3/c1-12-13(2)26-17(23-12)11-22-18(19-3)21-10-16(24)20-9-14-5-7-15(25-4)8-6-14/h5-8H,9-11H2,1-4H3,(H,20,24)(H2,19,21,22). The summed E-state index contributed by atoms with van der Waals surface area (Å²) in [5, 5.41) is 8.85. The predicted molar refractivity (Wildman–Crippen MR) is 99.0 cm³/mol. The highest BCUT2D eigenvalue weighted by Gasteiger charge is 2.07. The lowest BCUT2D eigenvalue weighted by Gasteiger charge is -2.11. The first-order chi connectivity index (χ1) is 12.5. The van der Waals surface area contributed by atoms with Gasteiger partial charge in [0, 0.05) is 13.6 Å². The Kier molecular flexibility index (Phi) is 7.02. The largest absolute Gasteiger partial charge is 0.497 e. The second kappa shape index (κ2) is 9.45. The molecule has 1 heterocycles. The predicted octanol–water partition coefficient (Wildman–Crippen LogP) is 1.28. The zero-order chi connectivity index (χ0) is 18.9. The molecule has 0 aliphatic carbocycles. The van der Waals surface area contributed by atoms with Crippen molar-refractivity contribution in [2.24, 2.45) is 4.99 Å². The van der Waals surface area contributed by atoms with Crippen LogP contribution in [-0.4, -0.2) is 37.6 Å². The monoisotopic (exact) mass is 359 g/mol. The van der Waals surface area contributed by atoms with E-state index in [2.05, 4.69) is 25.9 Å². The molecule has 2 aromatic rings. The van der Waals surface area contributed by atoms with Gasteiger partial charge in [-0.15, -0.1) is 0 Å². The minimum atomic E-state index is -0.133. The van der Waals surface area contributed by atoms with Gasteiger partial charge in [-0.25, -0.2) is 4.98 Å². The van der Waals surface area contributed by atoms with Crippen molar-refractivity contribution < 1.29 is 13.9 Å². The van der Waals surface area contributed by atoms with E-state index in [4.69, 9.17) is 9.15 Å². The van der Waals surface area contributed by atoms with E-state index < -0.39 is 0 Å². The van der Waals surface area contributed by atoms with Crippen LogP contribution in [0, 0.1) is 13.8 Å². The summed E-state index contributed by atoms with van der Waals surface area (Å²) >= 11 is 0. The van der Waals surface area contributed by atoms with Crippen molar-refractivity contribution in [2.45, 2.75) is 26.9 Å². The molecule has 3 N–H and O–H groups in total. The van der Waals surface area contributed by atoms with Gasteiger partial charge in [-0.2, -0.15) is 0 Å². The Hall–Kier alpha value is -3.03. The minimum absolute atomic E-state index is 0.111. The van der Waals surface area contributed by atoms with E-state index in [1.165, 1.54) is 0 Å². The van der Waals surface area contributed by atoms with Gasteiger partial charge in [0.1, 0.15) is 11.5 Å². The third kappa shape index (κ3) is 5.80. The summed E-state index contributed by atoms with van der Waals surface area (Å²) in [6, 6.07) is 7.54. The second-order valence-electron chi connectivity index (χ2n) is 5.65. The summed E-state index contributed by atoms with van der Waals surface area (Å²) in [5.74, 6) is 2.52. The number of nitrogens with one attached hydrogen (secondary N) is 3. The van der Waals surface area contributed by atoms with Crippen molar-refractivity contribution in [3.8, 4) is 5.75 Å². The quantitative estimate of drug-likeness (QED) is 0.509. The number of ether oxygens (including phenoxy) is 1. The fourth-order valence-corrected chi connectivity index (χ4v) is 2.17. The highest BCUT2D eigenvalue weighted by molar-refractivity contribution is 5.86. The number of hydrogen-bond acceptors (Lipinski definition) is 5. The molecule has 0 bridgehead atoms. The maximum atomic E-state index is 12.0. The molecule has 0 radical (unpaired) electrons. The summed E-state index contributed by atoms with van der Waals surface area (Å²) in [6.07, 6.45) is 0. The van der Waals surface area contributed by atoms with E-state index in [0.717, 1.165) is 22.8 Å². The maximum Gasteiger partial charge on any atom is 0.239 e. The number of carbonyl (C=O) groups is 1. The first-order valence-electron chi connectivity index (χ1n) is 8.29. The molecular formula is C18H25N5O3. The van der Waals surface area contributed by atoms with Gasteiger partial charge in [-0.05, 0) is 31.5 Å². The van der Waals surface area contributed by atoms with E-state index in [0.29, 0.717) is 24.9 Å². The molecule has 1 aromatic heterocycles. The Morgan fingerprint density at radius 3 is 2.46 bits per heavy atom. The Morgan fingerprint density at radius 1 is 1.15 bits per heavy atom. The number of aryl methyl sites for hydroxylation is 2. The number of aromatic nitrogens is 1. The van der Waals surface area contributed by atoms with Gasteiger partial charge in [0.05, 0.1) is 25.9 Å². The van der Waals surface area contributed by atoms with E-state index >= 15 is 0 Å². The summed E-state index contributed by atoms with van der Waals surface area (Å²) < 4.78 is 10.6. The van der Waals surface area contributed by atoms with Crippen LogP contribution >= 0.6 is 0 Å². The molecule has 0 fully saturated rings. The number of nitrogens with zero attached hydrogens (tertiary/aromatic N) is 2. The minimum Gasteiger partial charge on any atom is -0.497 e. The Morgan fingerprint density at radius 2 is 1.88 bits per heavy atom. The van der Waals surface area contributed by atoms with Crippen molar-refractivity contribution in [2.75, 3.05) is 20.7 Å². The highest BCUT2D eigenvalue weighted by atomic mass is 16.5. The number of hydrogen-bond donors (Lipinski definition) is 3. The van der Waals surface area contributed by atoms with Crippen molar-refractivity contribution in [3.63, 3.8) is 0 Å². The third-order valence-electron chi connectivity index (χ3n) is 3.77. The van der Waals surface area contributed by atoms with E-state index in [1.807, 2.05) is 38.1 Å². The summed E-state index contributed by atoms with van der Waals surface area (Å²) in [5.41, 5.74) is 1.86. The average Bonchev–Trinajstić information content (AvgIpc) is 2.98. The average molecular weight is 359 g/mol. The molecule has 1 amide bonds. The smallest absolute Gasteiger partial charge is 0.239 e. The van der Waals surface area contributed by atoms with Crippen molar-refractivity contribution in [3.05, 3.63) is 47.2 Å². The van der Waals surface area contributed by atoms with Crippen LogP contribution in [0.15, 0.2) is 33.7 Å². The van der Waals surface area contributed by atoms with Crippen molar-refractivity contribution >= 4 is 11.9 Å². The lowest BCUT2D eigenvalue weighted by molar-refractivity contribution is -0.120. The molecule has 26 heavy (non-hydrogen) atoms. The van der Waals surface area contributed by atoms with Crippen molar-refractivity contribution in [1.29, 1.82) is 0 Å². The van der Waals surface area contributed by atoms with Crippen LogP contribution in [-0.2, 0) is 17.9 Å². The molecule has 0 saturated carbocycles. The van der Waals surface area contributed by atoms with Crippen LogP contribution in [0.25, 0.3) is 0 Å². The van der Waals surface area contributed by atoms with Crippen LogP contribution in [0.3, 0.4) is 0 Å². The number of carbonyl (C=O) groups excluding carboxylic acids is 1. The number of aliphatic imine (C=N–C) groups is 1. The van der Waals surface area contributed by atoms with Gasteiger partial charge < -0.3 is 25.1 Å². The van der Waals surface area contributed by atoms with E-state index in [-0.39, 0.29) is 12.5 Å². The number of benzene rings is 1. The van der Waals surface area contributed by atoms with Crippen LogP contribution in [0.5, 0.6) is 5.75 Å². The normalized spacial score (nSPS) is 11.2.